The lowest BCUT2D eigenvalue weighted by atomic mass is 9.87. The number of amides is 1. The van der Waals surface area contributed by atoms with Gasteiger partial charge in [0.2, 0.25) is 0 Å². The molecule has 1 N–H and O–H groups in total. The molecule has 2 aromatic carbocycles. The van der Waals surface area contributed by atoms with Gasteiger partial charge in [-0.2, -0.15) is 0 Å². The lowest BCUT2D eigenvalue weighted by Crippen LogP contribution is -2.24. The van der Waals surface area contributed by atoms with Crippen molar-refractivity contribution in [3.63, 3.8) is 0 Å². The number of pyridine rings is 1. The van der Waals surface area contributed by atoms with Crippen LogP contribution in [0.3, 0.4) is 0 Å². The molecule has 3 nitrogen and oxygen atoms in total. The van der Waals surface area contributed by atoms with Crippen molar-refractivity contribution in [3.8, 4) is 0 Å². The van der Waals surface area contributed by atoms with Gasteiger partial charge < -0.3 is 5.32 Å². The maximum Gasteiger partial charge on any atom is 0.252 e. The van der Waals surface area contributed by atoms with Crippen LogP contribution in [0.4, 0.5) is 0 Å². The Hall–Kier alpha value is -2.94. The van der Waals surface area contributed by atoms with Crippen molar-refractivity contribution in [2.45, 2.75) is 18.8 Å². The van der Waals surface area contributed by atoms with E-state index in [0.717, 1.165) is 12.8 Å². The molecule has 0 radical (unpaired) electrons. The van der Waals surface area contributed by atoms with Gasteiger partial charge in [-0.25, -0.2) is 0 Å². The zero-order chi connectivity index (χ0) is 17.3. The molecular weight excluding hydrogens is 308 g/mol. The summed E-state index contributed by atoms with van der Waals surface area (Å²) in [6.07, 6.45) is 5.16. The van der Waals surface area contributed by atoms with Gasteiger partial charge in [-0.1, -0.05) is 60.7 Å². The van der Waals surface area contributed by atoms with E-state index in [1.54, 1.807) is 24.5 Å². The van der Waals surface area contributed by atoms with Crippen LogP contribution in [0.15, 0.2) is 85.2 Å². The van der Waals surface area contributed by atoms with Crippen molar-refractivity contribution < 1.29 is 4.79 Å². The van der Waals surface area contributed by atoms with Crippen molar-refractivity contribution in [2.24, 2.45) is 0 Å². The Labute approximate surface area is 148 Å². The molecule has 126 valence electrons. The van der Waals surface area contributed by atoms with Crippen LogP contribution in [0.1, 0.15) is 40.2 Å². The summed E-state index contributed by atoms with van der Waals surface area (Å²) in [5.41, 5.74) is 3.23. The lowest BCUT2D eigenvalue weighted by Gasteiger charge is -2.18. The smallest absolute Gasteiger partial charge is 0.252 e. The summed E-state index contributed by atoms with van der Waals surface area (Å²) in [5.74, 6) is 0.279. The van der Waals surface area contributed by atoms with Crippen molar-refractivity contribution in [3.05, 3.63) is 102 Å². The zero-order valence-corrected chi connectivity index (χ0v) is 14.1. The fourth-order valence-electron chi connectivity index (χ4n) is 3.00. The normalized spacial score (nSPS) is 10.6. The van der Waals surface area contributed by atoms with Crippen LogP contribution >= 0.6 is 0 Å². The summed E-state index contributed by atoms with van der Waals surface area (Å²) in [7, 11) is 0. The maximum atomic E-state index is 12.1. The molecule has 0 aliphatic rings. The van der Waals surface area contributed by atoms with E-state index in [1.807, 2.05) is 12.1 Å². The van der Waals surface area contributed by atoms with Gasteiger partial charge in [-0.3, -0.25) is 9.78 Å². The molecule has 0 saturated heterocycles. The molecule has 1 amide bonds. The summed E-state index contributed by atoms with van der Waals surface area (Å²) in [5, 5.41) is 2.98. The fraction of sp³-hybridized carbons (Fsp3) is 0.182. The van der Waals surface area contributed by atoms with Crippen LogP contribution in [0.25, 0.3) is 0 Å². The summed E-state index contributed by atoms with van der Waals surface area (Å²) in [6.45, 7) is 0.657. The molecule has 0 spiro atoms. The molecule has 3 heteroatoms. The predicted octanol–water partition coefficient (Wildman–Crippen LogP) is 4.42. The SMILES string of the molecule is O=C(NCCCC(c1ccccc1)c1ccccc1)c1cccnc1. The minimum absolute atomic E-state index is 0.0657. The Morgan fingerprint density at radius 1 is 0.880 bits per heavy atom. The minimum Gasteiger partial charge on any atom is -0.352 e. The molecule has 0 fully saturated rings. The van der Waals surface area contributed by atoms with Gasteiger partial charge in [0.25, 0.3) is 5.91 Å². The minimum atomic E-state index is -0.0657. The Morgan fingerprint density at radius 2 is 1.52 bits per heavy atom. The van der Waals surface area contributed by atoms with Gasteiger partial charge in [0.1, 0.15) is 0 Å². The van der Waals surface area contributed by atoms with Gasteiger partial charge in [0.05, 0.1) is 5.56 Å². The van der Waals surface area contributed by atoms with E-state index in [-0.39, 0.29) is 5.91 Å². The number of nitrogens with one attached hydrogen (secondary N) is 1. The first-order valence-electron chi connectivity index (χ1n) is 8.63. The number of benzene rings is 2. The van der Waals surface area contributed by atoms with Crippen molar-refractivity contribution in [1.82, 2.24) is 10.3 Å². The first-order valence-corrected chi connectivity index (χ1v) is 8.63. The second kappa shape index (κ2) is 8.78. The van der Waals surface area contributed by atoms with Crippen LogP contribution in [0.5, 0.6) is 0 Å². The van der Waals surface area contributed by atoms with Gasteiger partial charge in [-0.15, -0.1) is 0 Å². The highest BCUT2D eigenvalue weighted by molar-refractivity contribution is 5.93. The lowest BCUT2D eigenvalue weighted by molar-refractivity contribution is 0.0952. The van der Waals surface area contributed by atoms with Gasteiger partial charge >= 0.3 is 0 Å². The van der Waals surface area contributed by atoms with Crippen molar-refractivity contribution >= 4 is 5.91 Å². The Balaban J connectivity index is 1.59. The number of hydrogen-bond acceptors (Lipinski definition) is 2. The van der Waals surface area contributed by atoms with E-state index in [2.05, 4.69) is 58.8 Å². The van der Waals surface area contributed by atoms with Crippen LogP contribution in [-0.4, -0.2) is 17.4 Å². The predicted molar refractivity (Wildman–Crippen MR) is 101 cm³/mol. The van der Waals surface area contributed by atoms with Crippen LogP contribution in [-0.2, 0) is 0 Å². The Kier molecular flexibility index (Phi) is 5.94. The third kappa shape index (κ3) is 4.77. The molecule has 0 unspecified atom stereocenters. The maximum absolute atomic E-state index is 12.1. The van der Waals surface area contributed by atoms with E-state index in [9.17, 15) is 4.79 Å². The van der Waals surface area contributed by atoms with Crippen LogP contribution < -0.4 is 5.32 Å². The third-order valence-electron chi connectivity index (χ3n) is 4.28. The first kappa shape index (κ1) is 16.9. The molecule has 0 bridgehead atoms. The molecule has 0 aliphatic carbocycles. The molecular formula is C22H22N2O. The molecule has 0 saturated carbocycles. The van der Waals surface area contributed by atoms with E-state index < -0.39 is 0 Å². The summed E-state index contributed by atoms with van der Waals surface area (Å²) >= 11 is 0. The van der Waals surface area contributed by atoms with Crippen molar-refractivity contribution in [2.75, 3.05) is 6.54 Å². The van der Waals surface area contributed by atoms with E-state index in [4.69, 9.17) is 0 Å². The summed E-state index contributed by atoms with van der Waals surface area (Å²) in [6, 6.07) is 24.6. The van der Waals surface area contributed by atoms with Crippen LogP contribution in [0.2, 0.25) is 0 Å². The molecule has 0 atom stereocenters. The van der Waals surface area contributed by atoms with E-state index in [1.165, 1.54) is 11.1 Å². The average molecular weight is 330 g/mol. The van der Waals surface area contributed by atoms with Gasteiger partial charge in [-0.05, 0) is 36.1 Å². The number of carbonyl (C=O) groups excluding carboxylic acids is 1. The first-order chi connectivity index (χ1) is 12.3. The highest BCUT2D eigenvalue weighted by atomic mass is 16.1. The molecule has 3 rings (SSSR count). The van der Waals surface area contributed by atoms with Crippen molar-refractivity contribution in [1.29, 1.82) is 0 Å². The number of nitrogens with zero attached hydrogens (tertiary/aromatic N) is 1. The van der Waals surface area contributed by atoms with Gasteiger partial charge in [0, 0.05) is 24.9 Å². The summed E-state index contributed by atoms with van der Waals surface area (Å²) in [4.78, 5) is 16.1. The topological polar surface area (TPSA) is 42.0 Å². The zero-order valence-electron chi connectivity index (χ0n) is 14.1. The quantitative estimate of drug-likeness (QED) is 0.651. The van der Waals surface area contributed by atoms with Crippen LogP contribution in [0, 0.1) is 0 Å². The average Bonchev–Trinajstić information content (AvgIpc) is 2.70. The molecule has 3 aromatic rings. The Morgan fingerprint density at radius 3 is 2.08 bits per heavy atom. The second-order valence-corrected chi connectivity index (χ2v) is 6.01. The highest BCUT2D eigenvalue weighted by Gasteiger charge is 2.13. The monoisotopic (exact) mass is 330 g/mol. The molecule has 0 aliphatic heterocycles. The number of aromatic nitrogens is 1. The largest absolute Gasteiger partial charge is 0.352 e. The highest BCUT2D eigenvalue weighted by Crippen LogP contribution is 2.28. The molecule has 1 aromatic heterocycles. The standard InChI is InChI=1S/C22H22N2O/c25-22(20-13-7-15-23-17-20)24-16-8-14-21(18-9-3-1-4-10-18)19-11-5-2-6-12-19/h1-7,9-13,15,17,21H,8,14,16H2,(H,24,25). The third-order valence-corrected chi connectivity index (χ3v) is 4.28. The van der Waals surface area contributed by atoms with E-state index >= 15 is 0 Å². The molecule has 25 heavy (non-hydrogen) atoms. The Bertz CT molecular complexity index is 733. The fourth-order valence-corrected chi connectivity index (χ4v) is 3.00. The number of carbonyl (C=O) groups is 1. The summed E-state index contributed by atoms with van der Waals surface area (Å²) < 4.78 is 0. The number of rotatable bonds is 7. The number of hydrogen-bond donors (Lipinski definition) is 1. The molecule has 1 heterocycles. The second-order valence-electron chi connectivity index (χ2n) is 6.01. The van der Waals surface area contributed by atoms with Gasteiger partial charge in [0.15, 0.2) is 0 Å². The van der Waals surface area contributed by atoms with E-state index in [0.29, 0.717) is 18.0 Å².